The Bertz CT molecular complexity index is 756. The minimum atomic E-state index is -0.357. The summed E-state index contributed by atoms with van der Waals surface area (Å²) in [5.74, 6) is -0.0828. The van der Waals surface area contributed by atoms with Crippen LogP contribution in [0.15, 0.2) is 30.6 Å². The summed E-state index contributed by atoms with van der Waals surface area (Å²) < 4.78 is 7.45. The molecule has 0 bridgehead atoms. The van der Waals surface area contributed by atoms with E-state index in [1.54, 1.807) is 28.8 Å². The third kappa shape index (κ3) is 3.70. The highest BCUT2D eigenvalue weighted by atomic mass is 16.5. The largest absolute Gasteiger partial charge is 0.383 e. The Hall–Kier alpha value is -2.71. The molecule has 1 amide bonds. The lowest BCUT2D eigenvalue weighted by atomic mass is 10.1. The first-order valence-electron chi connectivity index (χ1n) is 8.12. The van der Waals surface area contributed by atoms with E-state index in [9.17, 15) is 9.59 Å². The number of nitrogens with zero attached hydrogens (tertiary/aromatic N) is 2. The van der Waals surface area contributed by atoms with Crippen LogP contribution in [0.1, 0.15) is 45.5 Å². The van der Waals surface area contributed by atoms with Crippen LogP contribution in [0.25, 0.3) is 0 Å². The summed E-state index contributed by atoms with van der Waals surface area (Å²) in [5.41, 5.74) is 13.3. The second kappa shape index (κ2) is 7.45. The van der Waals surface area contributed by atoms with Crippen LogP contribution in [0.3, 0.4) is 0 Å². The number of nitrogens with two attached hydrogens (primary N) is 2. The lowest BCUT2D eigenvalue weighted by molar-refractivity contribution is 0.00778. The van der Waals surface area contributed by atoms with Crippen molar-refractivity contribution in [3.8, 4) is 0 Å². The first kappa shape index (κ1) is 17.1. The summed E-state index contributed by atoms with van der Waals surface area (Å²) in [5, 5.41) is 2.77. The third-order valence-corrected chi connectivity index (χ3v) is 4.27. The van der Waals surface area contributed by atoms with Gasteiger partial charge in [-0.15, -0.1) is 0 Å². The molecule has 0 spiro atoms. The number of hydrogen-bond donors (Lipinski definition) is 3. The molecule has 0 unspecified atom stereocenters. The summed E-state index contributed by atoms with van der Waals surface area (Å²) in [6.07, 6.45) is 3.71. The fraction of sp³-hybridized carbons (Fsp3) is 0.353. The molecule has 132 valence electrons. The predicted octanol–water partition coefficient (Wildman–Crippen LogP) is 0.844. The molecule has 3 rings (SSSR count). The average molecular weight is 343 g/mol. The Labute approximate surface area is 145 Å². The van der Waals surface area contributed by atoms with Gasteiger partial charge in [-0.2, -0.15) is 0 Å². The molecule has 8 heteroatoms. The van der Waals surface area contributed by atoms with E-state index in [0.717, 1.165) is 24.7 Å². The Morgan fingerprint density at radius 2 is 2.12 bits per heavy atom. The smallest absolute Gasteiger partial charge is 0.273 e. The van der Waals surface area contributed by atoms with Gasteiger partial charge in [0.2, 0.25) is 0 Å². The van der Waals surface area contributed by atoms with E-state index >= 15 is 0 Å². The molecule has 5 N–H and O–H groups in total. The number of anilines is 1. The normalized spacial score (nSPS) is 19.7. The van der Waals surface area contributed by atoms with Gasteiger partial charge in [0, 0.05) is 18.7 Å². The number of ether oxygens (including phenoxy) is 1. The van der Waals surface area contributed by atoms with Gasteiger partial charge in [0.1, 0.15) is 18.3 Å². The summed E-state index contributed by atoms with van der Waals surface area (Å²) >= 11 is 0. The van der Waals surface area contributed by atoms with Crippen molar-refractivity contribution in [2.45, 2.75) is 31.7 Å². The Morgan fingerprint density at radius 3 is 2.76 bits per heavy atom. The molecule has 25 heavy (non-hydrogen) atoms. The average Bonchev–Trinajstić information content (AvgIpc) is 3.26. The van der Waals surface area contributed by atoms with E-state index < -0.39 is 0 Å². The number of aromatic nitrogens is 2. The SMILES string of the molecule is NC[C@@H]1CC[C@H](n2cnc(C(=O)NCc3ccc(C=O)cc3)c2N)O1. The van der Waals surface area contributed by atoms with Gasteiger partial charge in [-0.1, -0.05) is 24.3 Å². The Kier molecular flexibility index (Phi) is 5.11. The number of benzene rings is 1. The van der Waals surface area contributed by atoms with Crippen molar-refractivity contribution in [1.29, 1.82) is 0 Å². The second-order valence-corrected chi connectivity index (χ2v) is 5.95. The van der Waals surface area contributed by atoms with E-state index in [0.29, 0.717) is 18.7 Å². The highest BCUT2D eigenvalue weighted by Crippen LogP contribution is 2.30. The van der Waals surface area contributed by atoms with E-state index in [1.165, 1.54) is 6.33 Å². The van der Waals surface area contributed by atoms with E-state index in [1.807, 2.05) is 0 Å². The zero-order valence-electron chi connectivity index (χ0n) is 13.7. The number of nitrogen functional groups attached to an aromatic ring is 1. The molecule has 1 aromatic heterocycles. The maximum Gasteiger partial charge on any atom is 0.273 e. The zero-order chi connectivity index (χ0) is 17.8. The fourth-order valence-corrected chi connectivity index (χ4v) is 2.82. The number of imidazole rings is 1. The number of amides is 1. The van der Waals surface area contributed by atoms with Crippen LogP contribution >= 0.6 is 0 Å². The molecule has 0 aliphatic carbocycles. The van der Waals surface area contributed by atoms with Crippen molar-refractivity contribution in [2.75, 3.05) is 12.3 Å². The molecule has 0 saturated carbocycles. The number of nitrogens with one attached hydrogen (secondary N) is 1. The van der Waals surface area contributed by atoms with Gasteiger partial charge < -0.3 is 21.5 Å². The van der Waals surface area contributed by atoms with Crippen molar-refractivity contribution in [3.05, 3.63) is 47.4 Å². The van der Waals surface area contributed by atoms with Crippen LogP contribution in [0.4, 0.5) is 5.82 Å². The lowest BCUT2D eigenvalue weighted by Gasteiger charge is -2.15. The molecule has 2 aromatic rings. The standard InChI is InChI=1S/C17H21N5O3/c18-7-13-5-6-14(25-13)22-10-21-15(16(22)19)17(24)20-8-11-1-3-12(9-23)4-2-11/h1-4,9-10,13-14H,5-8,18-19H2,(H,20,24)/t13-,14+/m0/s1. The van der Waals surface area contributed by atoms with Crippen LogP contribution in [0, 0.1) is 0 Å². The number of carbonyl (C=O) groups is 2. The van der Waals surface area contributed by atoms with Crippen LogP contribution in [-0.2, 0) is 11.3 Å². The van der Waals surface area contributed by atoms with Crippen LogP contribution in [-0.4, -0.2) is 34.4 Å². The van der Waals surface area contributed by atoms with E-state index in [2.05, 4.69) is 10.3 Å². The van der Waals surface area contributed by atoms with Crippen molar-refractivity contribution in [2.24, 2.45) is 5.73 Å². The maximum absolute atomic E-state index is 12.3. The predicted molar refractivity (Wildman–Crippen MR) is 91.8 cm³/mol. The Balaban J connectivity index is 1.63. The lowest BCUT2D eigenvalue weighted by Crippen LogP contribution is -2.25. The van der Waals surface area contributed by atoms with Gasteiger partial charge in [0.05, 0.1) is 12.4 Å². The molecule has 1 fully saturated rings. The van der Waals surface area contributed by atoms with Crippen molar-refractivity contribution >= 4 is 18.0 Å². The van der Waals surface area contributed by atoms with Gasteiger partial charge in [0.15, 0.2) is 5.69 Å². The fourth-order valence-electron chi connectivity index (χ4n) is 2.82. The van der Waals surface area contributed by atoms with Crippen LogP contribution < -0.4 is 16.8 Å². The summed E-state index contributed by atoms with van der Waals surface area (Å²) in [6, 6.07) is 6.96. The van der Waals surface area contributed by atoms with Crippen LogP contribution in [0.5, 0.6) is 0 Å². The maximum atomic E-state index is 12.3. The number of hydrogen-bond acceptors (Lipinski definition) is 6. The van der Waals surface area contributed by atoms with E-state index in [-0.39, 0.29) is 29.8 Å². The summed E-state index contributed by atoms with van der Waals surface area (Å²) in [4.78, 5) is 27.1. The monoisotopic (exact) mass is 343 g/mol. The number of carbonyl (C=O) groups excluding carboxylic acids is 2. The molecule has 8 nitrogen and oxygen atoms in total. The number of aldehydes is 1. The Morgan fingerprint density at radius 1 is 1.36 bits per heavy atom. The van der Waals surface area contributed by atoms with Gasteiger partial charge in [-0.3, -0.25) is 14.2 Å². The van der Waals surface area contributed by atoms with Crippen LogP contribution in [0.2, 0.25) is 0 Å². The van der Waals surface area contributed by atoms with Crippen molar-refractivity contribution < 1.29 is 14.3 Å². The minimum Gasteiger partial charge on any atom is -0.383 e. The number of rotatable bonds is 6. The zero-order valence-corrected chi connectivity index (χ0v) is 13.7. The topological polar surface area (TPSA) is 125 Å². The molecule has 0 radical (unpaired) electrons. The molecular weight excluding hydrogens is 322 g/mol. The summed E-state index contributed by atoms with van der Waals surface area (Å²) in [7, 11) is 0. The second-order valence-electron chi connectivity index (χ2n) is 5.95. The molecule has 2 heterocycles. The molecule has 2 atom stereocenters. The quantitative estimate of drug-likeness (QED) is 0.668. The molecule has 1 aliphatic heterocycles. The van der Waals surface area contributed by atoms with Crippen molar-refractivity contribution in [3.63, 3.8) is 0 Å². The molecule has 1 aromatic carbocycles. The minimum absolute atomic E-state index is 0.0124. The summed E-state index contributed by atoms with van der Waals surface area (Å²) in [6.45, 7) is 0.779. The molecule has 1 aliphatic rings. The third-order valence-electron chi connectivity index (χ3n) is 4.27. The highest BCUT2D eigenvalue weighted by molar-refractivity contribution is 5.96. The first-order valence-corrected chi connectivity index (χ1v) is 8.12. The highest BCUT2D eigenvalue weighted by Gasteiger charge is 2.28. The molecule has 1 saturated heterocycles. The van der Waals surface area contributed by atoms with Gasteiger partial charge >= 0.3 is 0 Å². The van der Waals surface area contributed by atoms with Gasteiger partial charge in [-0.05, 0) is 18.4 Å². The van der Waals surface area contributed by atoms with E-state index in [4.69, 9.17) is 16.2 Å². The van der Waals surface area contributed by atoms with Gasteiger partial charge in [0.25, 0.3) is 5.91 Å². The first-order chi connectivity index (χ1) is 12.1. The molecular formula is C17H21N5O3. The van der Waals surface area contributed by atoms with Crippen molar-refractivity contribution in [1.82, 2.24) is 14.9 Å². The van der Waals surface area contributed by atoms with Gasteiger partial charge in [-0.25, -0.2) is 4.98 Å².